The van der Waals surface area contributed by atoms with Crippen LogP contribution >= 0.6 is 0 Å². The van der Waals surface area contributed by atoms with Crippen molar-refractivity contribution >= 4 is 5.91 Å². The molecule has 0 spiro atoms. The molecule has 1 fully saturated rings. The van der Waals surface area contributed by atoms with Crippen LogP contribution in [0.5, 0.6) is 0 Å². The summed E-state index contributed by atoms with van der Waals surface area (Å²) in [6.45, 7) is 5.72. The van der Waals surface area contributed by atoms with Crippen molar-refractivity contribution in [1.82, 2.24) is 10.6 Å². The van der Waals surface area contributed by atoms with Crippen LogP contribution in [0.3, 0.4) is 0 Å². The van der Waals surface area contributed by atoms with Crippen molar-refractivity contribution in [1.29, 1.82) is 5.26 Å². The van der Waals surface area contributed by atoms with Gasteiger partial charge >= 0.3 is 0 Å². The van der Waals surface area contributed by atoms with Crippen molar-refractivity contribution in [3.05, 3.63) is 35.4 Å². The van der Waals surface area contributed by atoms with Crippen LogP contribution in [0.1, 0.15) is 31.0 Å². The lowest BCUT2D eigenvalue weighted by Gasteiger charge is -2.19. The van der Waals surface area contributed by atoms with E-state index in [0.717, 1.165) is 18.7 Å². The largest absolute Gasteiger partial charge is 0.349 e. The van der Waals surface area contributed by atoms with E-state index in [-0.39, 0.29) is 17.9 Å². The third-order valence-corrected chi connectivity index (χ3v) is 3.75. The van der Waals surface area contributed by atoms with Gasteiger partial charge in [-0.15, -0.1) is 0 Å². The summed E-state index contributed by atoms with van der Waals surface area (Å²) in [5, 5.41) is 15.0. The number of nitrogens with zero attached hydrogens (tertiary/aromatic N) is 1. The van der Waals surface area contributed by atoms with E-state index in [2.05, 4.69) is 23.6 Å². The minimum absolute atomic E-state index is 0.0342. The summed E-state index contributed by atoms with van der Waals surface area (Å²) in [4.78, 5) is 12.2. The van der Waals surface area contributed by atoms with E-state index in [1.807, 2.05) is 19.1 Å². The highest BCUT2D eigenvalue weighted by Gasteiger charge is 2.30. The lowest BCUT2D eigenvalue weighted by molar-refractivity contribution is -0.126. The fraction of sp³-hybridized carbons (Fsp3) is 0.467. The van der Waals surface area contributed by atoms with Gasteiger partial charge in [0.25, 0.3) is 0 Å². The molecule has 0 aromatic heterocycles. The van der Waals surface area contributed by atoms with Gasteiger partial charge in [-0.2, -0.15) is 5.26 Å². The molecule has 1 aliphatic heterocycles. The Balaban J connectivity index is 1.98. The van der Waals surface area contributed by atoms with Gasteiger partial charge in [-0.25, -0.2) is 0 Å². The third kappa shape index (κ3) is 3.12. The Bertz CT molecular complexity index is 489. The van der Waals surface area contributed by atoms with Crippen LogP contribution in [0.2, 0.25) is 0 Å². The van der Waals surface area contributed by atoms with Gasteiger partial charge in [-0.1, -0.05) is 19.1 Å². The van der Waals surface area contributed by atoms with Crippen molar-refractivity contribution in [2.24, 2.45) is 11.8 Å². The molecule has 0 aliphatic carbocycles. The maximum atomic E-state index is 12.2. The van der Waals surface area contributed by atoms with Crippen LogP contribution in [0.15, 0.2) is 24.3 Å². The Labute approximate surface area is 113 Å². The summed E-state index contributed by atoms with van der Waals surface area (Å²) in [6.07, 6.45) is 0. The Morgan fingerprint density at radius 1 is 1.42 bits per heavy atom. The molecule has 3 atom stereocenters. The minimum atomic E-state index is -0.0342. The van der Waals surface area contributed by atoms with E-state index in [9.17, 15) is 4.79 Å². The molecule has 19 heavy (non-hydrogen) atoms. The molecule has 1 aliphatic rings. The van der Waals surface area contributed by atoms with Gasteiger partial charge < -0.3 is 10.6 Å². The fourth-order valence-corrected chi connectivity index (χ4v) is 2.41. The molecule has 4 heteroatoms. The molecule has 0 bridgehead atoms. The Kier molecular flexibility index (Phi) is 4.18. The zero-order valence-corrected chi connectivity index (χ0v) is 11.3. The van der Waals surface area contributed by atoms with Crippen LogP contribution in [-0.4, -0.2) is 19.0 Å². The molecule has 1 saturated heterocycles. The molecule has 4 nitrogen and oxygen atoms in total. The summed E-state index contributed by atoms with van der Waals surface area (Å²) in [7, 11) is 0. The normalized spacial score (nSPS) is 23.6. The van der Waals surface area contributed by atoms with E-state index in [4.69, 9.17) is 5.26 Å². The van der Waals surface area contributed by atoms with Crippen LogP contribution in [0.4, 0.5) is 0 Å². The molecular formula is C15H19N3O. The average Bonchev–Trinajstić information content (AvgIpc) is 2.85. The van der Waals surface area contributed by atoms with Gasteiger partial charge in [0.15, 0.2) is 0 Å². The number of carbonyl (C=O) groups excluding carboxylic acids is 1. The Morgan fingerprint density at radius 2 is 2.11 bits per heavy atom. The van der Waals surface area contributed by atoms with E-state index in [1.54, 1.807) is 12.1 Å². The number of carbonyl (C=O) groups is 1. The summed E-state index contributed by atoms with van der Waals surface area (Å²) < 4.78 is 0. The highest BCUT2D eigenvalue weighted by Crippen LogP contribution is 2.19. The molecule has 0 radical (unpaired) electrons. The summed E-state index contributed by atoms with van der Waals surface area (Å²) in [6, 6.07) is 9.38. The zero-order chi connectivity index (χ0) is 13.8. The van der Waals surface area contributed by atoms with Crippen molar-refractivity contribution in [3.63, 3.8) is 0 Å². The Morgan fingerprint density at radius 3 is 2.63 bits per heavy atom. The van der Waals surface area contributed by atoms with Crippen LogP contribution < -0.4 is 10.6 Å². The van der Waals surface area contributed by atoms with Gasteiger partial charge in [0.05, 0.1) is 23.6 Å². The standard InChI is InChI=1S/C15H19N3O/c1-10-8-17-9-14(10)15(19)18-11(2)13-5-3-12(7-16)4-6-13/h3-6,10-11,14,17H,8-9H2,1-2H3,(H,18,19). The molecule has 1 aromatic rings. The molecule has 1 amide bonds. The molecule has 1 heterocycles. The summed E-state index contributed by atoms with van der Waals surface area (Å²) >= 11 is 0. The van der Waals surface area contributed by atoms with Crippen molar-refractivity contribution in [2.45, 2.75) is 19.9 Å². The number of benzene rings is 1. The maximum Gasteiger partial charge on any atom is 0.225 e. The molecule has 3 unspecified atom stereocenters. The van der Waals surface area contributed by atoms with E-state index < -0.39 is 0 Å². The highest BCUT2D eigenvalue weighted by atomic mass is 16.2. The summed E-state index contributed by atoms with van der Waals surface area (Å²) in [5.74, 6) is 0.545. The molecule has 1 aromatic carbocycles. The molecule has 0 saturated carbocycles. The lowest BCUT2D eigenvalue weighted by Crippen LogP contribution is -2.35. The average molecular weight is 257 g/mol. The highest BCUT2D eigenvalue weighted by molar-refractivity contribution is 5.80. The topological polar surface area (TPSA) is 64.9 Å². The first kappa shape index (κ1) is 13.6. The van der Waals surface area contributed by atoms with Crippen molar-refractivity contribution < 1.29 is 4.79 Å². The second-order valence-corrected chi connectivity index (χ2v) is 5.21. The first-order valence-electron chi connectivity index (χ1n) is 6.63. The van der Waals surface area contributed by atoms with E-state index >= 15 is 0 Å². The van der Waals surface area contributed by atoms with Crippen LogP contribution in [0.25, 0.3) is 0 Å². The molecular weight excluding hydrogens is 238 g/mol. The van der Waals surface area contributed by atoms with Gasteiger partial charge in [0, 0.05) is 6.54 Å². The monoisotopic (exact) mass is 257 g/mol. The Hall–Kier alpha value is -1.86. The lowest BCUT2D eigenvalue weighted by atomic mass is 9.96. The van der Waals surface area contributed by atoms with Crippen molar-refractivity contribution in [3.8, 4) is 6.07 Å². The third-order valence-electron chi connectivity index (χ3n) is 3.75. The first-order valence-corrected chi connectivity index (χ1v) is 6.63. The quantitative estimate of drug-likeness (QED) is 0.864. The maximum absolute atomic E-state index is 12.2. The predicted octanol–water partition coefficient (Wildman–Crippen LogP) is 1.59. The summed E-state index contributed by atoms with van der Waals surface area (Å²) in [5.41, 5.74) is 1.65. The van der Waals surface area contributed by atoms with Crippen LogP contribution in [0, 0.1) is 23.2 Å². The fourth-order valence-electron chi connectivity index (χ4n) is 2.41. The molecule has 100 valence electrons. The molecule has 2 rings (SSSR count). The first-order chi connectivity index (χ1) is 9.11. The van der Waals surface area contributed by atoms with Gasteiger partial charge in [0.1, 0.15) is 0 Å². The number of nitriles is 1. The molecule has 2 N–H and O–H groups in total. The van der Waals surface area contributed by atoms with Gasteiger partial charge in [-0.3, -0.25) is 4.79 Å². The number of nitrogens with one attached hydrogen (secondary N) is 2. The smallest absolute Gasteiger partial charge is 0.225 e. The second kappa shape index (κ2) is 5.85. The SMILES string of the molecule is CC(NC(=O)C1CNCC1C)c1ccc(C#N)cc1. The van der Waals surface area contributed by atoms with Gasteiger partial charge in [-0.05, 0) is 37.1 Å². The number of rotatable bonds is 3. The van der Waals surface area contributed by atoms with Crippen LogP contribution in [-0.2, 0) is 4.79 Å². The second-order valence-electron chi connectivity index (χ2n) is 5.21. The van der Waals surface area contributed by atoms with E-state index in [0.29, 0.717) is 11.5 Å². The van der Waals surface area contributed by atoms with Gasteiger partial charge in [0.2, 0.25) is 5.91 Å². The minimum Gasteiger partial charge on any atom is -0.349 e. The van der Waals surface area contributed by atoms with Crippen molar-refractivity contribution in [2.75, 3.05) is 13.1 Å². The number of amides is 1. The number of hydrogen-bond acceptors (Lipinski definition) is 3. The zero-order valence-electron chi connectivity index (χ0n) is 11.3. The van der Waals surface area contributed by atoms with E-state index in [1.165, 1.54) is 0 Å². The number of hydrogen-bond donors (Lipinski definition) is 2. The predicted molar refractivity (Wildman–Crippen MR) is 73.2 cm³/mol.